The number of rotatable bonds is 7. The average molecular weight is 469 g/mol. The summed E-state index contributed by atoms with van der Waals surface area (Å²) >= 11 is 5.96. The topological polar surface area (TPSA) is 66.9 Å². The SMILES string of the molecule is CCOC(=O)c1ccc(N2C(=O)C[C@H](N3CCC(CCc4ccc(Cl)cc4)CC3)C2=O)cc1. The monoisotopic (exact) mass is 468 g/mol. The van der Waals surface area contributed by atoms with Crippen molar-refractivity contribution in [3.05, 3.63) is 64.7 Å². The molecule has 174 valence electrons. The molecule has 6 nitrogen and oxygen atoms in total. The van der Waals surface area contributed by atoms with Crippen LogP contribution in [0.1, 0.15) is 48.5 Å². The van der Waals surface area contributed by atoms with Crippen molar-refractivity contribution in [1.29, 1.82) is 0 Å². The fourth-order valence-corrected chi connectivity index (χ4v) is 4.83. The lowest BCUT2D eigenvalue weighted by atomic mass is 9.90. The van der Waals surface area contributed by atoms with E-state index in [0.717, 1.165) is 43.8 Å². The Morgan fingerprint density at radius 1 is 1.03 bits per heavy atom. The van der Waals surface area contributed by atoms with E-state index in [-0.39, 0.29) is 18.2 Å². The van der Waals surface area contributed by atoms with E-state index in [1.54, 1.807) is 31.2 Å². The summed E-state index contributed by atoms with van der Waals surface area (Å²) < 4.78 is 4.99. The summed E-state index contributed by atoms with van der Waals surface area (Å²) in [5.74, 6) is -0.169. The van der Waals surface area contributed by atoms with Crippen LogP contribution < -0.4 is 4.90 Å². The number of esters is 1. The smallest absolute Gasteiger partial charge is 0.338 e. The van der Waals surface area contributed by atoms with Crippen molar-refractivity contribution in [2.24, 2.45) is 5.92 Å². The minimum absolute atomic E-state index is 0.177. The number of ether oxygens (including phenoxy) is 1. The van der Waals surface area contributed by atoms with Gasteiger partial charge in [-0.3, -0.25) is 14.5 Å². The summed E-state index contributed by atoms with van der Waals surface area (Å²) in [7, 11) is 0. The van der Waals surface area contributed by atoms with Crippen LogP contribution in [0.4, 0.5) is 5.69 Å². The largest absolute Gasteiger partial charge is 0.462 e. The van der Waals surface area contributed by atoms with Gasteiger partial charge in [0.15, 0.2) is 0 Å². The van der Waals surface area contributed by atoms with Crippen LogP contribution in [0.15, 0.2) is 48.5 Å². The second kappa shape index (κ2) is 10.5. The van der Waals surface area contributed by atoms with Crippen LogP contribution in [-0.2, 0) is 20.7 Å². The van der Waals surface area contributed by atoms with E-state index in [2.05, 4.69) is 17.0 Å². The number of imide groups is 1. The number of halogens is 1. The molecule has 2 aromatic carbocycles. The number of carbonyl (C=O) groups excluding carboxylic acids is 3. The summed E-state index contributed by atoms with van der Waals surface area (Å²) in [5, 5.41) is 0.756. The highest BCUT2D eigenvalue weighted by Crippen LogP contribution is 2.30. The maximum Gasteiger partial charge on any atom is 0.338 e. The van der Waals surface area contributed by atoms with Crippen LogP contribution in [-0.4, -0.2) is 48.4 Å². The normalized spacial score (nSPS) is 19.8. The van der Waals surface area contributed by atoms with Crippen molar-refractivity contribution in [3.63, 3.8) is 0 Å². The molecule has 2 aliphatic heterocycles. The highest BCUT2D eigenvalue weighted by Gasteiger charge is 2.43. The highest BCUT2D eigenvalue weighted by molar-refractivity contribution is 6.30. The van der Waals surface area contributed by atoms with E-state index in [0.29, 0.717) is 23.8 Å². The minimum Gasteiger partial charge on any atom is -0.462 e. The van der Waals surface area contributed by atoms with Crippen LogP contribution in [0.3, 0.4) is 0 Å². The summed E-state index contributed by atoms with van der Waals surface area (Å²) in [4.78, 5) is 41.1. The molecule has 2 aliphatic rings. The molecule has 2 saturated heterocycles. The molecule has 2 aromatic rings. The van der Waals surface area contributed by atoms with Gasteiger partial charge in [-0.1, -0.05) is 23.7 Å². The van der Waals surface area contributed by atoms with Gasteiger partial charge in [-0.15, -0.1) is 0 Å². The number of likely N-dealkylation sites (tertiary alicyclic amines) is 1. The molecule has 0 bridgehead atoms. The summed E-state index contributed by atoms with van der Waals surface area (Å²) in [6.07, 6.45) is 4.40. The Hall–Kier alpha value is -2.70. The first-order valence-electron chi connectivity index (χ1n) is 11.6. The maximum absolute atomic E-state index is 13.1. The number of anilines is 1. The van der Waals surface area contributed by atoms with Crippen molar-refractivity contribution < 1.29 is 19.1 Å². The molecule has 0 saturated carbocycles. The maximum atomic E-state index is 13.1. The van der Waals surface area contributed by atoms with E-state index in [4.69, 9.17) is 16.3 Å². The van der Waals surface area contributed by atoms with Gasteiger partial charge in [-0.25, -0.2) is 9.69 Å². The van der Waals surface area contributed by atoms with Crippen molar-refractivity contribution in [2.75, 3.05) is 24.6 Å². The highest BCUT2D eigenvalue weighted by atomic mass is 35.5. The summed E-state index contributed by atoms with van der Waals surface area (Å²) in [6, 6.07) is 14.1. The van der Waals surface area contributed by atoms with Crippen molar-refractivity contribution in [2.45, 2.75) is 45.1 Å². The minimum atomic E-state index is -0.417. The first kappa shape index (κ1) is 23.5. The Kier molecular flexibility index (Phi) is 7.46. The summed E-state index contributed by atoms with van der Waals surface area (Å²) in [5.41, 5.74) is 2.19. The molecule has 33 heavy (non-hydrogen) atoms. The van der Waals surface area contributed by atoms with Crippen LogP contribution >= 0.6 is 11.6 Å². The lowest BCUT2D eigenvalue weighted by Gasteiger charge is -2.34. The van der Waals surface area contributed by atoms with Gasteiger partial charge in [0.05, 0.1) is 30.3 Å². The first-order chi connectivity index (χ1) is 16.0. The van der Waals surface area contributed by atoms with E-state index in [1.165, 1.54) is 10.5 Å². The molecule has 2 fully saturated rings. The molecule has 0 radical (unpaired) electrons. The quantitative estimate of drug-likeness (QED) is 0.442. The molecule has 0 aromatic heterocycles. The van der Waals surface area contributed by atoms with Crippen LogP contribution in [0.5, 0.6) is 0 Å². The van der Waals surface area contributed by atoms with Crippen LogP contribution in [0.25, 0.3) is 0 Å². The molecule has 0 N–H and O–H groups in total. The molecular formula is C26H29ClN2O4. The number of aryl methyl sites for hydroxylation is 1. The van der Waals surface area contributed by atoms with Gasteiger partial charge in [0.1, 0.15) is 0 Å². The summed E-state index contributed by atoms with van der Waals surface area (Å²) in [6.45, 7) is 3.69. The van der Waals surface area contributed by atoms with E-state index in [1.807, 2.05) is 12.1 Å². The van der Waals surface area contributed by atoms with E-state index < -0.39 is 12.0 Å². The Balaban J connectivity index is 1.31. The number of benzene rings is 2. The molecular weight excluding hydrogens is 440 g/mol. The Morgan fingerprint density at radius 3 is 2.33 bits per heavy atom. The van der Waals surface area contributed by atoms with Gasteiger partial charge < -0.3 is 4.74 Å². The number of carbonyl (C=O) groups is 3. The van der Waals surface area contributed by atoms with E-state index >= 15 is 0 Å². The Morgan fingerprint density at radius 2 is 1.70 bits per heavy atom. The molecule has 4 rings (SSSR count). The molecule has 0 aliphatic carbocycles. The number of piperidine rings is 1. The van der Waals surface area contributed by atoms with Gasteiger partial charge >= 0.3 is 5.97 Å². The van der Waals surface area contributed by atoms with Gasteiger partial charge in [0, 0.05) is 5.02 Å². The fraction of sp³-hybridized carbons (Fsp3) is 0.423. The molecule has 2 heterocycles. The Labute approximate surface area is 199 Å². The molecule has 1 atom stereocenters. The zero-order valence-electron chi connectivity index (χ0n) is 18.8. The third kappa shape index (κ3) is 5.45. The van der Waals surface area contributed by atoms with Crippen molar-refractivity contribution in [1.82, 2.24) is 4.90 Å². The third-order valence-corrected chi connectivity index (χ3v) is 6.86. The number of hydrogen-bond donors (Lipinski definition) is 0. The Bertz CT molecular complexity index is 998. The van der Waals surface area contributed by atoms with Gasteiger partial charge in [0.25, 0.3) is 5.91 Å². The van der Waals surface area contributed by atoms with E-state index in [9.17, 15) is 14.4 Å². The first-order valence-corrected chi connectivity index (χ1v) is 12.0. The van der Waals surface area contributed by atoms with Crippen molar-refractivity contribution >= 4 is 35.1 Å². The number of amides is 2. The molecule has 0 unspecified atom stereocenters. The zero-order chi connectivity index (χ0) is 23.4. The number of hydrogen-bond acceptors (Lipinski definition) is 5. The third-order valence-electron chi connectivity index (χ3n) is 6.60. The predicted molar refractivity (Wildman–Crippen MR) is 127 cm³/mol. The van der Waals surface area contributed by atoms with Gasteiger partial charge in [-0.05, 0) is 93.6 Å². The van der Waals surface area contributed by atoms with Gasteiger partial charge in [-0.2, -0.15) is 0 Å². The second-order valence-electron chi connectivity index (χ2n) is 8.70. The zero-order valence-corrected chi connectivity index (χ0v) is 19.6. The standard InChI is InChI=1S/C26H29ClN2O4/c1-2-33-26(32)20-7-11-22(12-8-20)29-24(30)17-23(25(29)31)28-15-13-19(14-16-28)4-3-18-5-9-21(27)10-6-18/h5-12,19,23H,2-4,13-17H2,1H3/t23-/m0/s1. The predicted octanol–water partition coefficient (Wildman–Crippen LogP) is 4.49. The van der Waals surface area contributed by atoms with Crippen LogP contribution in [0.2, 0.25) is 5.02 Å². The second-order valence-corrected chi connectivity index (χ2v) is 9.14. The molecule has 0 spiro atoms. The average Bonchev–Trinajstić information content (AvgIpc) is 3.13. The lowest BCUT2D eigenvalue weighted by Crippen LogP contribution is -2.46. The fourth-order valence-electron chi connectivity index (χ4n) is 4.71. The van der Waals surface area contributed by atoms with Crippen molar-refractivity contribution in [3.8, 4) is 0 Å². The molecule has 2 amide bonds. The van der Waals surface area contributed by atoms with Gasteiger partial charge in [0.2, 0.25) is 5.91 Å². The number of nitrogens with zero attached hydrogens (tertiary/aromatic N) is 2. The molecule has 7 heteroatoms. The van der Waals surface area contributed by atoms with Crippen LogP contribution in [0, 0.1) is 5.92 Å². The lowest BCUT2D eigenvalue weighted by molar-refractivity contribution is -0.123.